The van der Waals surface area contributed by atoms with E-state index in [4.69, 9.17) is 14.2 Å². The Morgan fingerprint density at radius 3 is 1.61 bits per heavy atom. The Hall–Kier alpha value is -7.13. The monoisotopic (exact) mass is 983 g/mol. The van der Waals surface area contributed by atoms with E-state index in [1.54, 1.807) is 34.6 Å². The van der Waals surface area contributed by atoms with Gasteiger partial charge < -0.3 is 40.8 Å². The second kappa shape index (κ2) is 25.1. The highest BCUT2D eigenvalue weighted by atomic mass is 32.2. The van der Waals surface area contributed by atoms with Crippen molar-refractivity contribution >= 4 is 47.6 Å². The van der Waals surface area contributed by atoms with E-state index in [1.165, 1.54) is 18.9 Å². The highest BCUT2D eigenvalue weighted by Crippen LogP contribution is 2.49. The second-order valence-corrected chi connectivity index (χ2v) is 19.9. The summed E-state index contributed by atoms with van der Waals surface area (Å²) >= 11 is 1.43. The first-order valence-corrected chi connectivity index (χ1v) is 24.9. The average Bonchev–Trinajstić information content (AvgIpc) is 3.69. The molecule has 0 saturated carbocycles. The van der Waals surface area contributed by atoms with Crippen LogP contribution in [0.5, 0.6) is 0 Å². The largest absolute Gasteiger partial charge is 0.468 e. The van der Waals surface area contributed by atoms with Crippen molar-refractivity contribution in [3.63, 3.8) is 0 Å². The number of carbonyl (C=O) groups excluding carboxylic acids is 6. The second-order valence-electron chi connectivity index (χ2n) is 18.6. The normalized spacial score (nSPS) is 13.3. The standard InChI is InChI=1S/C56H65N5O9S/c1-37(2)49(52(65)58-34-48(62)68-6)61-51(64)47(36-71-56(38-22-10-7-11-23-38,39-24-12-8-13-25-39)40-26-14-9-15-27-40)59-50(63)46(32-20-21-33-57-53(66)70-55(3,4)5)60-54(67)69-35-45-43-30-18-16-28-41(43)42-29-17-19-31-44(42)45/h7-19,22-31,37,45-47,49H,20-21,32-36H2,1-6H3,(H,57,66)(H,58,65)(H,59,63)(H,60,67)(H,61,64). The van der Waals surface area contributed by atoms with Crippen molar-refractivity contribution in [3.8, 4) is 11.1 Å². The van der Waals surface area contributed by atoms with Crippen LogP contribution in [-0.2, 0) is 38.1 Å². The summed E-state index contributed by atoms with van der Waals surface area (Å²) in [6.07, 6.45) is -0.489. The first-order valence-electron chi connectivity index (χ1n) is 24.0. The van der Waals surface area contributed by atoms with Gasteiger partial charge in [0.2, 0.25) is 17.7 Å². The number of rotatable bonds is 22. The predicted molar refractivity (Wildman–Crippen MR) is 275 cm³/mol. The summed E-state index contributed by atoms with van der Waals surface area (Å²) < 4.78 is 15.1. The van der Waals surface area contributed by atoms with Crippen LogP contribution in [0.15, 0.2) is 140 Å². The number of benzene rings is 5. The third-order valence-electron chi connectivity index (χ3n) is 12.1. The molecule has 3 atom stereocenters. The molecule has 0 heterocycles. The lowest BCUT2D eigenvalue weighted by molar-refractivity contribution is -0.141. The summed E-state index contributed by atoms with van der Waals surface area (Å²) in [7, 11) is 1.21. The van der Waals surface area contributed by atoms with Crippen LogP contribution in [0.1, 0.15) is 87.6 Å². The minimum Gasteiger partial charge on any atom is -0.468 e. The van der Waals surface area contributed by atoms with Crippen LogP contribution in [0.2, 0.25) is 0 Å². The Bertz CT molecular complexity index is 2450. The van der Waals surface area contributed by atoms with Gasteiger partial charge in [0.25, 0.3) is 0 Å². The molecule has 15 heteroatoms. The van der Waals surface area contributed by atoms with Gasteiger partial charge in [-0.3, -0.25) is 19.2 Å². The molecule has 5 N–H and O–H groups in total. The van der Waals surface area contributed by atoms with E-state index in [2.05, 4.69) is 26.6 Å². The minimum absolute atomic E-state index is 0.00481. The maximum Gasteiger partial charge on any atom is 0.407 e. The van der Waals surface area contributed by atoms with E-state index >= 15 is 0 Å². The molecular weight excluding hydrogens is 919 g/mol. The molecule has 3 unspecified atom stereocenters. The quantitative estimate of drug-likeness (QED) is 0.0196. The fourth-order valence-electron chi connectivity index (χ4n) is 8.59. The number of unbranched alkanes of at least 4 members (excludes halogenated alkanes) is 1. The number of hydrogen-bond acceptors (Lipinski definition) is 10. The molecule has 14 nitrogen and oxygen atoms in total. The van der Waals surface area contributed by atoms with Crippen molar-refractivity contribution in [1.29, 1.82) is 0 Å². The molecule has 5 aromatic carbocycles. The van der Waals surface area contributed by atoms with Crippen LogP contribution in [0.4, 0.5) is 9.59 Å². The number of carbonyl (C=O) groups is 6. The molecule has 5 aromatic rings. The summed E-state index contributed by atoms with van der Waals surface area (Å²) in [5.41, 5.74) is 6.25. The van der Waals surface area contributed by atoms with Gasteiger partial charge in [-0.05, 0) is 84.9 Å². The van der Waals surface area contributed by atoms with Crippen LogP contribution in [0.25, 0.3) is 11.1 Å². The summed E-state index contributed by atoms with van der Waals surface area (Å²) in [4.78, 5) is 81.4. The molecular formula is C56H65N5O9S. The number of esters is 1. The zero-order valence-electron chi connectivity index (χ0n) is 41.2. The number of alkyl carbamates (subject to hydrolysis) is 2. The Morgan fingerprint density at radius 2 is 1.10 bits per heavy atom. The molecule has 71 heavy (non-hydrogen) atoms. The number of ether oxygens (including phenoxy) is 3. The van der Waals surface area contributed by atoms with Crippen LogP contribution in [0, 0.1) is 5.92 Å². The molecule has 374 valence electrons. The molecule has 0 fully saturated rings. The third kappa shape index (κ3) is 14.2. The van der Waals surface area contributed by atoms with Gasteiger partial charge in [-0.1, -0.05) is 153 Å². The van der Waals surface area contributed by atoms with Gasteiger partial charge in [-0.15, -0.1) is 11.8 Å². The van der Waals surface area contributed by atoms with Gasteiger partial charge in [0.05, 0.1) is 11.9 Å². The molecule has 1 aliphatic rings. The fraction of sp³-hybridized carbons (Fsp3) is 0.357. The van der Waals surface area contributed by atoms with Crippen LogP contribution < -0.4 is 26.6 Å². The molecule has 0 aliphatic heterocycles. The molecule has 0 spiro atoms. The Morgan fingerprint density at radius 1 is 0.592 bits per heavy atom. The van der Waals surface area contributed by atoms with Crippen molar-refractivity contribution in [2.45, 2.75) is 88.3 Å². The van der Waals surface area contributed by atoms with E-state index in [-0.39, 0.29) is 31.2 Å². The van der Waals surface area contributed by atoms with Gasteiger partial charge >= 0.3 is 18.2 Å². The average molecular weight is 984 g/mol. The van der Waals surface area contributed by atoms with E-state index < -0.39 is 76.8 Å². The molecule has 0 bridgehead atoms. The van der Waals surface area contributed by atoms with Gasteiger partial charge in [-0.2, -0.15) is 0 Å². The van der Waals surface area contributed by atoms with E-state index in [0.717, 1.165) is 38.9 Å². The maximum absolute atomic E-state index is 14.8. The number of thioether (sulfide) groups is 1. The summed E-state index contributed by atoms with van der Waals surface area (Å²) in [5.74, 6) is -3.29. The molecule has 0 aromatic heterocycles. The first-order chi connectivity index (χ1) is 34.1. The van der Waals surface area contributed by atoms with E-state index in [1.807, 2.05) is 140 Å². The summed E-state index contributed by atoms with van der Waals surface area (Å²) in [6.45, 7) is 8.65. The number of nitrogens with one attached hydrogen (secondary N) is 5. The van der Waals surface area contributed by atoms with Crippen molar-refractivity contribution in [2.75, 3.05) is 32.6 Å². The van der Waals surface area contributed by atoms with Crippen LogP contribution >= 0.6 is 11.8 Å². The lowest BCUT2D eigenvalue weighted by atomic mass is 9.84. The Labute approximate surface area is 420 Å². The van der Waals surface area contributed by atoms with Crippen molar-refractivity contribution in [2.24, 2.45) is 5.92 Å². The number of hydrogen-bond donors (Lipinski definition) is 5. The zero-order valence-corrected chi connectivity index (χ0v) is 42.0. The van der Waals surface area contributed by atoms with Gasteiger partial charge in [-0.25, -0.2) is 9.59 Å². The number of amides is 5. The molecule has 0 radical (unpaired) electrons. The lowest BCUT2D eigenvalue weighted by Crippen LogP contribution is -2.59. The first kappa shape index (κ1) is 53.2. The van der Waals surface area contributed by atoms with Gasteiger partial charge in [0.1, 0.15) is 36.9 Å². The van der Waals surface area contributed by atoms with Crippen molar-refractivity contribution < 1.29 is 43.0 Å². The highest BCUT2D eigenvalue weighted by Gasteiger charge is 2.40. The Kier molecular flexibility index (Phi) is 18.8. The van der Waals surface area contributed by atoms with Gasteiger partial charge in [0.15, 0.2) is 0 Å². The zero-order chi connectivity index (χ0) is 51.0. The topological polar surface area (TPSA) is 190 Å². The van der Waals surface area contributed by atoms with Crippen molar-refractivity contribution in [1.82, 2.24) is 26.6 Å². The molecule has 1 aliphatic carbocycles. The van der Waals surface area contributed by atoms with Gasteiger partial charge in [0, 0.05) is 18.2 Å². The predicted octanol–water partition coefficient (Wildman–Crippen LogP) is 8.23. The molecule has 5 amide bonds. The van der Waals surface area contributed by atoms with E-state index in [9.17, 15) is 28.8 Å². The van der Waals surface area contributed by atoms with Crippen molar-refractivity contribution in [3.05, 3.63) is 167 Å². The number of methoxy groups -OCH3 is 1. The maximum atomic E-state index is 14.8. The minimum atomic E-state index is -1.28. The Balaban J connectivity index is 1.30. The highest BCUT2D eigenvalue weighted by molar-refractivity contribution is 8.00. The third-order valence-corrected chi connectivity index (χ3v) is 13.7. The molecule has 0 saturated heterocycles. The number of fused-ring (bicyclic) bond motifs is 3. The van der Waals surface area contributed by atoms with E-state index in [0.29, 0.717) is 12.8 Å². The molecule has 6 rings (SSSR count). The summed E-state index contributed by atoms with van der Waals surface area (Å²) in [5, 5.41) is 13.9. The summed E-state index contributed by atoms with van der Waals surface area (Å²) in [6, 6.07) is 42.0. The van der Waals surface area contributed by atoms with Crippen LogP contribution in [-0.4, -0.2) is 92.2 Å². The lowest BCUT2D eigenvalue weighted by Gasteiger charge is -2.37. The fourth-order valence-corrected chi connectivity index (χ4v) is 10.2. The smallest absolute Gasteiger partial charge is 0.407 e. The SMILES string of the molecule is COC(=O)CNC(=O)C(NC(=O)C(CSC(c1ccccc1)(c1ccccc1)c1ccccc1)NC(=O)C(CCCCNC(=O)OC(C)(C)C)NC(=O)OCC1c2ccccc2-c2ccccc21)C(C)C. The van der Waals surface area contributed by atoms with Crippen LogP contribution in [0.3, 0.4) is 0 Å².